The second kappa shape index (κ2) is 39.5. The van der Waals surface area contributed by atoms with Gasteiger partial charge in [0.05, 0.1) is 6.42 Å². The van der Waals surface area contributed by atoms with Crippen LogP contribution < -0.4 is 0 Å². The fourth-order valence-electron chi connectivity index (χ4n) is 6.70. The van der Waals surface area contributed by atoms with Crippen LogP contribution in [0.3, 0.4) is 0 Å². The van der Waals surface area contributed by atoms with Crippen molar-refractivity contribution in [3.05, 3.63) is 24.3 Å². The van der Waals surface area contributed by atoms with Crippen LogP contribution in [0.4, 0.5) is 0 Å². The maximum absolute atomic E-state index is 12.6. The van der Waals surface area contributed by atoms with Crippen molar-refractivity contribution in [1.29, 1.82) is 0 Å². The summed E-state index contributed by atoms with van der Waals surface area (Å²) in [4.78, 5) is 30.1. The van der Waals surface area contributed by atoms with Gasteiger partial charge in [0.15, 0.2) is 0 Å². The van der Waals surface area contributed by atoms with Crippen molar-refractivity contribution in [3.63, 3.8) is 0 Å². The summed E-state index contributed by atoms with van der Waals surface area (Å²) < 4.78 is 11.0. The number of allylic oxidation sites excluding steroid dienone is 4. The summed E-state index contributed by atoms with van der Waals surface area (Å²) >= 11 is 0. The van der Waals surface area contributed by atoms with Gasteiger partial charge in [-0.15, -0.1) is 0 Å². The Morgan fingerprint density at radius 2 is 0.980 bits per heavy atom. The lowest BCUT2D eigenvalue weighted by molar-refractivity contribution is -0.153. The Morgan fingerprint density at radius 3 is 1.63 bits per heavy atom. The molecule has 0 rings (SSSR count). The highest BCUT2D eigenvalue weighted by Crippen LogP contribution is 2.21. The van der Waals surface area contributed by atoms with E-state index in [2.05, 4.69) is 68.7 Å². The van der Waals surface area contributed by atoms with Gasteiger partial charge in [-0.3, -0.25) is 9.59 Å². The zero-order valence-electron chi connectivity index (χ0n) is 34.7. The number of carbonyl (C=O) groups excluding carboxylic acids is 2. The zero-order valence-corrected chi connectivity index (χ0v) is 34.7. The highest BCUT2D eigenvalue weighted by Gasteiger charge is 2.15. The molecular weight excluding hydrogens is 633 g/mol. The van der Waals surface area contributed by atoms with Crippen LogP contribution in [0.25, 0.3) is 0 Å². The van der Waals surface area contributed by atoms with Gasteiger partial charge in [-0.1, -0.05) is 149 Å². The number of esters is 2. The second-order valence-corrected chi connectivity index (χ2v) is 14.8. The first-order valence-electron chi connectivity index (χ1n) is 22.1. The molecule has 0 aliphatic heterocycles. The molecule has 300 valence electrons. The van der Waals surface area contributed by atoms with Crippen LogP contribution in [-0.2, 0) is 19.1 Å². The maximum atomic E-state index is 12.6. The van der Waals surface area contributed by atoms with Gasteiger partial charge in [0.25, 0.3) is 0 Å². The molecule has 0 N–H and O–H groups in total. The second-order valence-electron chi connectivity index (χ2n) is 14.8. The number of rotatable bonds is 39. The van der Waals surface area contributed by atoms with Crippen LogP contribution in [0, 0.1) is 5.92 Å². The van der Waals surface area contributed by atoms with E-state index in [9.17, 15) is 9.59 Å². The Bertz CT molecular complexity index is 810. The van der Waals surface area contributed by atoms with Crippen LogP contribution in [0.2, 0.25) is 0 Å². The smallest absolute Gasteiger partial charge is 0.307 e. The van der Waals surface area contributed by atoms with E-state index < -0.39 is 0 Å². The van der Waals surface area contributed by atoms with Gasteiger partial charge < -0.3 is 19.3 Å². The molecule has 0 aromatic carbocycles. The van der Waals surface area contributed by atoms with Gasteiger partial charge in [0.1, 0.15) is 13.2 Å². The molecule has 0 spiro atoms. The van der Waals surface area contributed by atoms with Gasteiger partial charge in [0, 0.05) is 13.0 Å². The van der Waals surface area contributed by atoms with Crippen molar-refractivity contribution in [1.82, 2.24) is 9.80 Å². The van der Waals surface area contributed by atoms with E-state index >= 15 is 0 Å². The van der Waals surface area contributed by atoms with Crippen LogP contribution in [0.1, 0.15) is 195 Å². The fourth-order valence-corrected chi connectivity index (χ4v) is 6.70. The molecule has 51 heavy (non-hydrogen) atoms. The van der Waals surface area contributed by atoms with E-state index in [0.29, 0.717) is 18.8 Å². The van der Waals surface area contributed by atoms with Crippen molar-refractivity contribution in [3.8, 4) is 0 Å². The molecule has 1 atom stereocenters. The van der Waals surface area contributed by atoms with Crippen molar-refractivity contribution in [2.24, 2.45) is 5.92 Å². The highest BCUT2D eigenvalue weighted by atomic mass is 16.6. The Labute approximate surface area is 317 Å². The number of unbranched alkanes of at least 4 members (excludes halogenated alkanes) is 15. The summed E-state index contributed by atoms with van der Waals surface area (Å²) in [5, 5.41) is 0. The van der Waals surface area contributed by atoms with E-state index in [-0.39, 0.29) is 25.2 Å². The van der Waals surface area contributed by atoms with E-state index in [4.69, 9.17) is 9.47 Å². The molecule has 0 saturated heterocycles. The SMILES string of the molecule is CCCCC/C=C\C/C=C\CCCCCCCCN(CCCN(CC)CC)CCC(=O)OCCOC(=O)CC(CCCC)CCCCCCCC. The predicted molar refractivity (Wildman–Crippen MR) is 220 cm³/mol. The molecule has 0 saturated carbocycles. The number of hydrogen-bond donors (Lipinski definition) is 0. The molecule has 6 nitrogen and oxygen atoms in total. The summed E-state index contributed by atoms with van der Waals surface area (Å²) in [7, 11) is 0. The topological polar surface area (TPSA) is 59.1 Å². The minimum Gasteiger partial charge on any atom is -0.462 e. The summed E-state index contributed by atoms with van der Waals surface area (Å²) in [6, 6.07) is 0. The van der Waals surface area contributed by atoms with Gasteiger partial charge in [-0.2, -0.15) is 0 Å². The predicted octanol–water partition coefficient (Wildman–Crippen LogP) is 12.3. The maximum Gasteiger partial charge on any atom is 0.307 e. The van der Waals surface area contributed by atoms with Gasteiger partial charge in [-0.05, 0) is 96.4 Å². The summed E-state index contributed by atoms with van der Waals surface area (Å²) in [6.45, 7) is 17.5. The average molecular weight is 719 g/mol. The standard InChI is InChI=1S/C45H86N2O4/c1-6-11-14-16-18-19-20-21-22-23-24-25-26-27-29-31-36-47(38-32-37-46(9-4)10-5)39-35-44(48)50-40-41-51-45(49)42-43(33-13-8-3)34-30-28-17-15-12-7-2/h18-19,21-22,43H,6-17,20,23-42H2,1-5H3/b19-18-,22-21-. The average Bonchev–Trinajstić information content (AvgIpc) is 3.13. The lowest BCUT2D eigenvalue weighted by Crippen LogP contribution is -2.32. The minimum atomic E-state index is -0.194. The Balaban J connectivity index is 4.32. The third-order valence-electron chi connectivity index (χ3n) is 10.1. The molecule has 0 fully saturated rings. The number of hydrogen-bond acceptors (Lipinski definition) is 6. The van der Waals surface area contributed by atoms with Crippen LogP contribution in [0.5, 0.6) is 0 Å². The van der Waals surface area contributed by atoms with E-state index in [0.717, 1.165) is 77.8 Å². The molecule has 6 heteroatoms. The molecule has 0 aromatic heterocycles. The summed E-state index contributed by atoms with van der Waals surface area (Å²) in [5.74, 6) is 0.0651. The Kier molecular flexibility index (Phi) is 38.3. The molecule has 0 bridgehead atoms. The zero-order chi connectivity index (χ0) is 37.5. The first-order valence-corrected chi connectivity index (χ1v) is 22.1. The first-order chi connectivity index (χ1) is 25.0. The molecule has 0 amide bonds. The molecule has 0 aromatic rings. The number of ether oxygens (including phenoxy) is 2. The molecule has 0 aliphatic carbocycles. The Morgan fingerprint density at radius 1 is 0.490 bits per heavy atom. The van der Waals surface area contributed by atoms with E-state index in [1.165, 1.54) is 109 Å². The first kappa shape index (κ1) is 49.3. The molecule has 0 radical (unpaired) electrons. The minimum absolute atomic E-state index is 0.147. The van der Waals surface area contributed by atoms with Crippen molar-refractivity contribution in [2.45, 2.75) is 195 Å². The molecular formula is C45H86N2O4. The van der Waals surface area contributed by atoms with Crippen molar-refractivity contribution >= 4 is 11.9 Å². The van der Waals surface area contributed by atoms with Crippen LogP contribution >= 0.6 is 0 Å². The monoisotopic (exact) mass is 719 g/mol. The molecule has 0 heterocycles. The van der Waals surface area contributed by atoms with Crippen LogP contribution in [-0.4, -0.2) is 74.2 Å². The molecule has 0 aliphatic rings. The summed E-state index contributed by atoms with van der Waals surface area (Å²) in [5.41, 5.74) is 0. The quantitative estimate of drug-likeness (QED) is 0.0358. The third kappa shape index (κ3) is 35.2. The number of nitrogens with zero attached hydrogens (tertiary/aromatic N) is 2. The largest absolute Gasteiger partial charge is 0.462 e. The van der Waals surface area contributed by atoms with E-state index in [1.807, 2.05) is 0 Å². The van der Waals surface area contributed by atoms with Crippen LogP contribution in [0.15, 0.2) is 24.3 Å². The lowest BCUT2D eigenvalue weighted by Gasteiger charge is -2.24. The number of carbonyl (C=O) groups is 2. The highest BCUT2D eigenvalue weighted by molar-refractivity contribution is 5.70. The van der Waals surface area contributed by atoms with Gasteiger partial charge in [0.2, 0.25) is 0 Å². The van der Waals surface area contributed by atoms with Crippen molar-refractivity contribution < 1.29 is 19.1 Å². The molecule has 1 unspecified atom stereocenters. The third-order valence-corrected chi connectivity index (χ3v) is 10.1. The van der Waals surface area contributed by atoms with Gasteiger partial charge >= 0.3 is 11.9 Å². The van der Waals surface area contributed by atoms with E-state index in [1.54, 1.807) is 0 Å². The van der Waals surface area contributed by atoms with Gasteiger partial charge in [-0.25, -0.2) is 0 Å². The lowest BCUT2D eigenvalue weighted by atomic mass is 9.92. The Hall–Kier alpha value is -1.66. The fraction of sp³-hybridized carbons (Fsp3) is 0.867. The summed E-state index contributed by atoms with van der Waals surface area (Å²) in [6.07, 6.45) is 38.6. The van der Waals surface area contributed by atoms with Crippen molar-refractivity contribution in [2.75, 3.05) is 52.5 Å². The normalized spacial score (nSPS) is 12.5.